The molecular weight excluding hydrogens is 348 g/mol. The number of aryl methyl sites for hydroxylation is 1. The Morgan fingerprint density at radius 2 is 1.75 bits per heavy atom. The van der Waals surface area contributed by atoms with Gasteiger partial charge >= 0.3 is 0 Å². The average Bonchev–Trinajstić information content (AvgIpc) is 2.52. The summed E-state index contributed by atoms with van der Waals surface area (Å²) in [6.07, 6.45) is 0.0248. The van der Waals surface area contributed by atoms with E-state index >= 15 is 0 Å². The minimum absolute atomic E-state index is 0.0155. The minimum atomic E-state index is -3.61. The molecular formula is C17H19ClN2O3S. The molecule has 128 valence electrons. The fourth-order valence-electron chi connectivity index (χ4n) is 2.06. The van der Waals surface area contributed by atoms with Crippen molar-refractivity contribution in [3.8, 4) is 0 Å². The third-order valence-corrected chi connectivity index (χ3v) is 5.40. The van der Waals surface area contributed by atoms with Gasteiger partial charge in [-0.2, -0.15) is 0 Å². The number of hydrogen-bond acceptors (Lipinski definition) is 3. The van der Waals surface area contributed by atoms with Crippen LogP contribution in [0.1, 0.15) is 17.5 Å². The summed E-state index contributed by atoms with van der Waals surface area (Å²) in [5.41, 5.74) is 2.37. The van der Waals surface area contributed by atoms with Gasteiger partial charge in [0.2, 0.25) is 15.9 Å². The Bertz CT molecular complexity index is 833. The van der Waals surface area contributed by atoms with Crippen LogP contribution in [0.2, 0.25) is 5.02 Å². The molecule has 0 saturated heterocycles. The third kappa shape index (κ3) is 4.80. The van der Waals surface area contributed by atoms with Crippen LogP contribution in [-0.4, -0.2) is 20.9 Å². The zero-order chi connectivity index (χ0) is 17.7. The molecule has 5 nitrogen and oxygen atoms in total. The molecule has 2 rings (SSSR count). The van der Waals surface area contributed by atoms with E-state index in [0.717, 1.165) is 11.1 Å². The molecule has 0 aliphatic heterocycles. The highest BCUT2D eigenvalue weighted by Gasteiger charge is 2.14. The average molecular weight is 367 g/mol. The van der Waals surface area contributed by atoms with Crippen molar-refractivity contribution >= 4 is 33.2 Å². The predicted octanol–water partition coefficient (Wildman–Crippen LogP) is 3.26. The minimum Gasteiger partial charge on any atom is -0.326 e. The number of hydrogen-bond donors (Lipinski definition) is 2. The highest BCUT2D eigenvalue weighted by Crippen LogP contribution is 2.22. The van der Waals surface area contributed by atoms with Crippen LogP contribution in [0.3, 0.4) is 0 Å². The van der Waals surface area contributed by atoms with Crippen LogP contribution in [0.15, 0.2) is 47.4 Å². The lowest BCUT2D eigenvalue weighted by Crippen LogP contribution is -2.28. The van der Waals surface area contributed by atoms with Gasteiger partial charge in [-0.05, 0) is 43.7 Å². The number of halogens is 1. The Labute approximate surface area is 147 Å². The lowest BCUT2D eigenvalue weighted by Gasteiger charge is -2.10. The molecule has 2 N–H and O–H groups in total. The maximum atomic E-state index is 12.1. The van der Waals surface area contributed by atoms with Gasteiger partial charge < -0.3 is 5.32 Å². The first-order valence-corrected chi connectivity index (χ1v) is 9.27. The van der Waals surface area contributed by atoms with Crippen molar-refractivity contribution in [2.24, 2.45) is 0 Å². The normalized spacial score (nSPS) is 11.3. The zero-order valence-corrected chi connectivity index (χ0v) is 15.0. The van der Waals surface area contributed by atoms with Crippen molar-refractivity contribution in [1.82, 2.24) is 4.72 Å². The first-order chi connectivity index (χ1) is 11.3. The monoisotopic (exact) mass is 366 g/mol. The largest absolute Gasteiger partial charge is 0.326 e. The van der Waals surface area contributed by atoms with Crippen LogP contribution in [-0.2, 0) is 14.8 Å². The lowest BCUT2D eigenvalue weighted by molar-refractivity contribution is -0.116. The molecule has 0 spiro atoms. The van der Waals surface area contributed by atoms with Crippen molar-refractivity contribution < 1.29 is 13.2 Å². The van der Waals surface area contributed by atoms with Crippen LogP contribution in [0, 0.1) is 13.8 Å². The highest BCUT2D eigenvalue weighted by atomic mass is 35.5. The van der Waals surface area contributed by atoms with Gasteiger partial charge in [0.25, 0.3) is 0 Å². The standard InChI is InChI=1S/C17H19ClN2O3S/c1-12-6-8-14(9-7-12)24(22,23)19-11-10-17(21)20-16-5-3-4-15(18)13(16)2/h3-9,19H,10-11H2,1-2H3,(H,20,21). The second-order valence-electron chi connectivity index (χ2n) is 5.42. The number of anilines is 1. The number of carbonyl (C=O) groups excluding carboxylic acids is 1. The molecule has 0 bridgehead atoms. The third-order valence-electron chi connectivity index (χ3n) is 3.52. The molecule has 0 saturated carbocycles. The van der Waals surface area contributed by atoms with Gasteiger partial charge in [-0.15, -0.1) is 0 Å². The smallest absolute Gasteiger partial charge is 0.240 e. The zero-order valence-electron chi connectivity index (χ0n) is 13.5. The summed E-state index contributed by atoms with van der Waals surface area (Å²) in [6, 6.07) is 11.7. The van der Waals surface area contributed by atoms with Gasteiger partial charge in [0.15, 0.2) is 0 Å². The van der Waals surface area contributed by atoms with E-state index in [-0.39, 0.29) is 23.8 Å². The van der Waals surface area contributed by atoms with Crippen LogP contribution in [0.5, 0.6) is 0 Å². The van der Waals surface area contributed by atoms with E-state index < -0.39 is 10.0 Å². The molecule has 0 radical (unpaired) electrons. The predicted molar refractivity (Wildman–Crippen MR) is 95.8 cm³/mol. The van der Waals surface area contributed by atoms with Crippen molar-refractivity contribution in [3.63, 3.8) is 0 Å². The first-order valence-electron chi connectivity index (χ1n) is 7.41. The molecule has 0 aliphatic rings. The number of rotatable bonds is 6. The number of sulfonamides is 1. The van der Waals surface area contributed by atoms with Crippen LogP contribution < -0.4 is 10.0 Å². The van der Waals surface area contributed by atoms with E-state index in [4.69, 9.17) is 11.6 Å². The van der Waals surface area contributed by atoms with Crippen molar-refractivity contribution in [2.45, 2.75) is 25.2 Å². The van der Waals surface area contributed by atoms with Gasteiger partial charge in [0.05, 0.1) is 4.90 Å². The van der Waals surface area contributed by atoms with Crippen molar-refractivity contribution in [3.05, 3.63) is 58.6 Å². The quantitative estimate of drug-likeness (QED) is 0.823. The number of nitrogens with one attached hydrogen (secondary N) is 2. The summed E-state index contributed by atoms with van der Waals surface area (Å²) < 4.78 is 26.7. The van der Waals surface area contributed by atoms with E-state index in [1.807, 2.05) is 6.92 Å². The number of amides is 1. The summed E-state index contributed by atoms with van der Waals surface area (Å²) >= 11 is 6.00. The molecule has 0 aliphatic carbocycles. The fraction of sp³-hybridized carbons (Fsp3) is 0.235. The molecule has 0 atom stereocenters. The van der Waals surface area contributed by atoms with E-state index in [1.165, 1.54) is 12.1 Å². The molecule has 2 aromatic carbocycles. The van der Waals surface area contributed by atoms with Gasteiger partial charge in [-0.25, -0.2) is 13.1 Å². The maximum Gasteiger partial charge on any atom is 0.240 e. The second-order valence-corrected chi connectivity index (χ2v) is 7.60. The Balaban J connectivity index is 1.90. The second kappa shape index (κ2) is 7.79. The molecule has 7 heteroatoms. The van der Waals surface area contributed by atoms with Gasteiger partial charge in [0.1, 0.15) is 0 Å². The summed E-state index contributed by atoms with van der Waals surface area (Å²) in [7, 11) is -3.61. The maximum absolute atomic E-state index is 12.1. The molecule has 0 unspecified atom stereocenters. The van der Waals surface area contributed by atoms with E-state index in [9.17, 15) is 13.2 Å². The lowest BCUT2D eigenvalue weighted by atomic mass is 10.2. The highest BCUT2D eigenvalue weighted by molar-refractivity contribution is 7.89. The summed E-state index contributed by atoms with van der Waals surface area (Å²) in [5, 5.41) is 3.29. The summed E-state index contributed by atoms with van der Waals surface area (Å²) in [6.45, 7) is 3.70. The van der Waals surface area contributed by atoms with E-state index in [1.54, 1.807) is 37.3 Å². The van der Waals surface area contributed by atoms with Crippen LogP contribution >= 0.6 is 11.6 Å². The van der Waals surface area contributed by atoms with Crippen LogP contribution in [0.25, 0.3) is 0 Å². The van der Waals surface area contributed by atoms with Gasteiger partial charge in [-0.3, -0.25) is 4.79 Å². The Kier molecular flexibility index (Phi) is 5.99. The SMILES string of the molecule is Cc1ccc(S(=O)(=O)NCCC(=O)Nc2cccc(Cl)c2C)cc1. The fourth-order valence-corrected chi connectivity index (χ4v) is 3.26. The molecule has 1 amide bonds. The van der Waals surface area contributed by atoms with E-state index in [2.05, 4.69) is 10.0 Å². The Hall–Kier alpha value is -1.89. The Morgan fingerprint density at radius 3 is 2.42 bits per heavy atom. The topological polar surface area (TPSA) is 75.3 Å². The number of carbonyl (C=O) groups is 1. The Morgan fingerprint density at radius 1 is 1.08 bits per heavy atom. The number of benzene rings is 2. The van der Waals surface area contributed by atoms with Gasteiger partial charge in [0, 0.05) is 23.7 Å². The van der Waals surface area contributed by atoms with Crippen LogP contribution in [0.4, 0.5) is 5.69 Å². The summed E-state index contributed by atoms with van der Waals surface area (Å²) in [4.78, 5) is 12.1. The molecule has 2 aromatic rings. The molecule has 0 fully saturated rings. The van der Waals surface area contributed by atoms with Crippen molar-refractivity contribution in [2.75, 3.05) is 11.9 Å². The molecule has 0 aromatic heterocycles. The first kappa shape index (κ1) is 18.4. The van der Waals surface area contributed by atoms with Gasteiger partial charge in [-0.1, -0.05) is 35.4 Å². The van der Waals surface area contributed by atoms with E-state index in [0.29, 0.717) is 10.7 Å². The van der Waals surface area contributed by atoms with Crippen molar-refractivity contribution in [1.29, 1.82) is 0 Å². The summed E-state index contributed by atoms with van der Waals surface area (Å²) in [5.74, 6) is -0.285. The molecule has 24 heavy (non-hydrogen) atoms. The molecule has 0 heterocycles.